The Bertz CT molecular complexity index is 1450. The van der Waals surface area contributed by atoms with Gasteiger partial charge < -0.3 is 24.7 Å². The number of rotatable bonds is 6. The molecule has 36 heavy (non-hydrogen) atoms. The molecule has 0 saturated heterocycles. The number of hydrogen-bond donors (Lipinski definition) is 2. The second kappa shape index (κ2) is 9.13. The van der Waals surface area contributed by atoms with Gasteiger partial charge in [-0.05, 0) is 55.5 Å². The van der Waals surface area contributed by atoms with Crippen LogP contribution in [0.5, 0.6) is 11.5 Å². The van der Waals surface area contributed by atoms with Crippen LogP contribution in [0.2, 0.25) is 0 Å². The molecule has 3 aromatic heterocycles. The van der Waals surface area contributed by atoms with Gasteiger partial charge in [-0.3, -0.25) is 0 Å². The molecule has 1 aliphatic rings. The first-order valence-corrected chi connectivity index (χ1v) is 12.2. The molecule has 182 valence electrons. The number of nitrogen functional groups attached to an aromatic ring is 1. The molecular formula is C28H28N6O2. The van der Waals surface area contributed by atoms with E-state index in [0.29, 0.717) is 25.2 Å². The first kappa shape index (κ1) is 22.3. The maximum absolute atomic E-state index is 11.2. The van der Waals surface area contributed by atoms with Crippen LogP contribution in [0.3, 0.4) is 0 Å². The van der Waals surface area contributed by atoms with Crippen molar-refractivity contribution >= 4 is 16.9 Å². The van der Waals surface area contributed by atoms with Gasteiger partial charge >= 0.3 is 0 Å². The molecular weight excluding hydrogens is 452 g/mol. The van der Waals surface area contributed by atoms with E-state index in [1.807, 2.05) is 65.4 Å². The van der Waals surface area contributed by atoms with Crippen LogP contribution in [0.15, 0.2) is 85.8 Å². The first-order chi connectivity index (χ1) is 17.6. The quantitative estimate of drug-likeness (QED) is 0.345. The molecule has 6 rings (SSSR count). The van der Waals surface area contributed by atoms with Gasteiger partial charge in [-0.2, -0.15) is 0 Å². The average molecular weight is 481 g/mol. The van der Waals surface area contributed by atoms with Crippen molar-refractivity contribution in [3.63, 3.8) is 0 Å². The standard InChI is InChI=1S/C28H28N6O2/c29-26-25-24(20-6-8-23(9-7-20)36-22-4-2-1-3-5-22)16-34(27(25)32-18-31-26)21-10-12-28(35,13-11-21)17-33-15-14-30-19-33/h1-9,14-16,18-19,21,35H,10-13,17H2,(H2,29,31,32). The summed E-state index contributed by atoms with van der Waals surface area (Å²) >= 11 is 0. The number of nitrogens with two attached hydrogens (primary N) is 1. The summed E-state index contributed by atoms with van der Waals surface area (Å²) in [5, 5.41) is 12.0. The topological polar surface area (TPSA) is 104 Å². The Balaban J connectivity index is 1.27. The molecule has 1 saturated carbocycles. The van der Waals surface area contributed by atoms with E-state index < -0.39 is 5.60 Å². The van der Waals surface area contributed by atoms with E-state index in [4.69, 9.17) is 10.5 Å². The Morgan fingerprint density at radius 1 is 1.00 bits per heavy atom. The van der Waals surface area contributed by atoms with Gasteiger partial charge in [0.05, 0.1) is 23.9 Å². The number of ether oxygens (including phenoxy) is 1. The lowest BCUT2D eigenvalue weighted by molar-refractivity contribution is -0.0216. The van der Waals surface area contributed by atoms with Gasteiger partial charge in [0.1, 0.15) is 29.3 Å². The van der Waals surface area contributed by atoms with E-state index in [1.54, 1.807) is 12.5 Å². The third-order valence-corrected chi connectivity index (χ3v) is 7.10. The fourth-order valence-electron chi connectivity index (χ4n) is 5.23. The van der Waals surface area contributed by atoms with Crippen LogP contribution in [-0.2, 0) is 6.54 Å². The summed E-state index contributed by atoms with van der Waals surface area (Å²) in [6, 6.07) is 17.9. The summed E-state index contributed by atoms with van der Waals surface area (Å²) in [6.07, 6.45) is 12.2. The van der Waals surface area contributed by atoms with E-state index in [0.717, 1.165) is 46.5 Å². The Hall–Kier alpha value is -4.17. The largest absolute Gasteiger partial charge is 0.457 e. The van der Waals surface area contributed by atoms with Gasteiger partial charge in [0.15, 0.2) is 0 Å². The normalized spacial score (nSPS) is 20.0. The molecule has 5 aromatic rings. The highest BCUT2D eigenvalue weighted by molar-refractivity contribution is 6.00. The van der Waals surface area contributed by atoms with Crippen LogP contribution in [0.4, 0.5) is 5.82 Å². The maximum Gasteiger partial charge on any atom is 0.146 e. The number of hydrogen-bond acceptors (Lipinski definition) is 6. The molecule has 8 heteroatoms. The lowest BCUT2D eigenvalue weighted by atomic mass is 9.82. The van der Waals surface area contributed by atoms with Crippen LogP contribution in [0.25, 0.3) is 22.2 Å². The molecule has 0 aliphatic heterocycles. The molecule has 0 radical (unpaired) electrons. The van der Waals surface area contributed by atoms with Crippen molar-refractivity contribution in [3.05, 3.63) is 85.8 Å². The summed E-state index contributed by atoms with van der Waals surface area (Å²) in [4.78, 5) is 13.0. The van der Waals surface area contributed by atoms with Crippen molar-refractivity contribution < 1.29 is 9.84 Å². The zero-order valence-corrected chi connectivity index (χ0v) is 19.9. The highest BCUT2D eigenvalue weighted by atomic mass is 16.5. The predicted molar refractivity (Wildman–Crippen MR) is 139 cm³/mol. The van der Waals surface area contributed by atoms with Gasteiger partial charge in [0.2, 0.25) is 0 Å². The van der Waals surface area contributed by atoms with E-state index in [2.05, 4.69) is 25.7 Å². The van der Waals surface area contributed by atoms with Crippen molar-refractivity contribution in [2.45, 2.75) is 43.9 Å². The highest BCUT2D eigenvalue weighted by Crippen LogP contribution is 2.41. The Morgan fingerprint density at radius 2 is 1.75 bits per heavy atom. The summed E-state index contributed by atoms with van der Waals surface area (Å²) in [5.41, 5.74) is 8.46. The fourth-order valence-corrected chi connectivity index (χ4v) is 5.23. The molecule has 8 nitrogen and oxygen atoms in total. The van der Waals surface area contributed by atoms with E-state index in [1.165, 1.54) is 6.33 Å². The zero-order chi connectivity index (χ0) is 24.5. The smallest absolute Gasteiger partial charge is 0.146 e. The molecule has 2 aromatic carbocycles. The van der Waals surface area contributed by atoms with Gasteiger partial charge in [0, 0.05) is 30.2 Å². The number of anilines is 1. The molecule has 0 unspecified atom stereocenters. The average Bonchev–Trinajstić information content (AvgIpc) is 3.54. The predicted octanol–water partition coefficient (Wildman–Crippen LogP) is 5.22. The molecule has 3 N–H and O–H groups in total. The van der Waals surface area contributed by atoms with E-state index >= 15 is 0 Å². The van der Waals surface area contributed by atoms with E-state index in [9.17, 15) is 5.11 Å². The number of benzene rings is 2. The SMILES string of the molecule is Nc1ncnc2c1c(-c1ccc(Oc3ccccc3)cc1)cn2C1CCC(O)(Cn2ccnc2)CC1. The molecule has 1 fully saturated rings. The second-order valence-corrected chi connectivity index (χ2v) is 9.54. The van der Waals surface area contributed by atoms with Crippen molar-refractivity contribution in [2.24, 2.45) is 0 Å². The maximum atomic E-state index is 11.2. The van der Waals surface area contributed by atoms with Gasteiger partial charge in [-0.1, -0.05) is 30.3 Å². The molecule has 1 aliphatic carbocycles. The monoisotopic (exact) mass is 480 g/mol. The lowest BCUT2D eigenvalue weighted by Crippen LogP contribution is -2.38. The van der Waals surface area contributed by atoms with Crippen LogP contribution in [0, 0.1) is 0 Å². The summed E-state index contributed by atoms with van der Waals surface area (Å²) in [7, 11) is 0. The van der Waals surface area contributed by atoms with Crippen LogP contribution >= 0.6 is 0 Å². The number of aliphatic hydroxyl groups is 1. The molecule has 0 atom stereocenters. The Kier molecular flexibility index (Phi) is 5.65. The number of aromatic nitrogens is 5. The highest BCUT2D eigenvalue weighted by Gasteiger charge is 2.35. The van der Waals surface area contributed by atoms with Gasteiger partial charge in [0.25, 0.3) is 0 Å². The molecule has 3 heterocycles. The van der Waals surface area contributed by atoms with Crippen molar-refractivity contribution in [3.8, 4) is 22.6 Å². The second-order valence-electron chi connectivity index (χ2n) is 9.54. The van der Waals surface area contributed by atoms with Gasteiger partial charge in [-0.25, -0.2) is 15.0 Å². The van der Waals surface area contributed by atoms with Crippen molar-refractivity contribution in [2.75, 3.05) is 5.73 Å². The fraction of sp³-hybridized carbons (Fsp3) is 0.250. The van der Waals surface area contributed by atoms with E-state index in [-0.39, 0.29) is 6.04 Å². The lowest BCUT2D eigenvalue weighted by Gasteiger charge is -2.36. The summed E-state index contributed by atoms with van der Waals surface area (Å²) < 4.78 is 10.1. The summed E-state index contributed by atoms with van der Waals surface area (Å²) in [6.45, 7) is 0.559. The van der Waals surface area contributed by atoms with Gasteiger partial charge in [-0.15, -0.1) is 0 Å². The number of fused-ring (bicyclic) bond motifs is 1. The first-order valence-electron chi connectivity index (χ1n) is 12.2. The van der Waals surface area contributed by atoms with Crippen molar-refractivity contribution in [1.29, 1.82) is 0 Å². The number of imidazole rings is 1. The van der Waals surface area contributed by atoms with Crippen molar-refractivity contribution in [1.82, 2.24) is 24.1 Å². The molecule has 0 amide bonds. The van der Waals surface area contributed by atoms with Crippen LogP contribution in [0.1, 0.15) is 31.7 Å². The molecule has 0 spiro atoms. The molecule has 0 bridgehead atoms. The minimum atomic E-state index is -0.731. The minimum Gasteiger partial charge on any atom is -0.457 e. The van der Waals surface area contributed by atoms with Crippen LogP contribution in [-0.4, -0.2) is 34.8 Å². The zero-order valence-electron chi connectivity index (χ0n) is 19.9. The third-order valence-electron chi connectivity index (χ3n) is 7.10. The Labute approximate surface area is 209 Å². The minimum absolute atomic E-state index is 0.222. The Morgan fingerprint density at radius 3 is 2.47 bits per heavy atom. The summed E-state index contributed by atoms with van der Waals surface area (Å²) in [5.74, 6) is 2.03. The third kappa shape index (κ3) is 4.31. The number of para-hydroxylation sites is 1. The number of nitrogens with zero attached hydrogens (tertiary/aromatic N) is 5. The van der Waals surface area contributed by atoms with Crippen LogP contribution < -0.4 is 10.5 Å².